The lowest BCUT2D eigenvalue weighted by Crippen LogP contribution is -2.43. The number of carbonyl (C=O) groups is 3. The van der Waals surface area contributed by atoms with E-state index in [1.54, 1.807) is 24.3 Å². The van der Waals surface area contributed by atoms with E-state index in [1.807, 2.05) is 45.0 Å². The van der Waals surface area contributed by atoms with E-state index in [2.05, 4.69) is 36.9 Å². The van der Waals surface area contributed by atoms with Crippen LogP contribution in [0.3, 0.4) is 0 Å². The molecule has 0 saturated carbocycles. The van der Waals surface area contributed by atoms with Crippen LogP contribution in [0.1, 0.15) is 103 Å². The van der Waals surface area contributed by atoms with Gasteiger partial charge in [-0.2, -0.15) is 0 Å². The third kappa shape index (κ3) is 15.6. The number of aliphatic hydroxyl groups excluding tert-OH is 2. The molecule has 334 valence electrons. The highest BCUT2D eigenvalue weighted by Crippen LogP contribution is 2.45. The Bertz CT molecular complexity index is 1870. The van der Waals surface area contributed by atoms with Crippen molar-refractivity contribution in [3.63, 3.8) is 0 Å². The van der Waals surface area contributed by atoms with E-state index in [0.717, 1.165) is 17.5 Å². The van der Waals surface area contributed by atoms with Crippen LogP contribution in [-0.2, 0) is 46.6 Å². The number of benzene rings is 2. The summed E-state index contributed by atoms with van der Waals surface area (Å²) in [5.41, 5.74) is 2.84. The minimum atomic E-state index is -1.07. The summed E-state index contributed by atoms with van der Waals surface area (Å²) in [4.78, 5) is 52.3. The number of hydrogen-bond donors (Lipinski definition) is 2. The average Bonchev–Trinajstić information content (AvgIpc) is 3.22. The number of rotatable bonds is 24. The molecule has 0 amide bonds. The van der Waals surface area contributed by atoms with E-state index in [-0.39, 0.29) is 75.0 Å². The fourth-order valence-corrected chi connectivity index (χ4v) is 7.58. The van der Waals surface area contributed by atoms with Gasteiger partial charge in [-0.3, -0.25) is 9.59 Å². The van der Waals surface area contributed by atoms with E-state index in [9.17, 15) is 34.7 Å². The molecule has 61 heavy (non-hydrogen) atoms. The van der Waals surface area contributed by atoms with E-state index in [1.165, 1.54) is 18.8 Å². The van der Waals surface area contributed by atoms with Gasteiger partial charge in [0.25, 0.3) is 5.09 Å². The second-order valence-electron chi connectivity index (χ2n) is 16.7. The topological polar surface area (TPSA) is 190 Å². The molecule has 2 aromatic carbocycles. The Morgan fingerprint density at radius 3 is 2.44 bits per heavy atom. The lowest BCUT2D eigenvalue weighted by atomic mass is 9.65. The van der Waals surface area contributed by atoms with Crippen molar-refractivity contribution in [2.24, 2.45) is 29.1 Å². The summed E-state index contributed by atoms with van der Waals surface area (Å²) in [6, 6.07) is 12.5. The number of hydrogen-bond acceptors (Lipinski definition) is 13. The van der Waals surface area contributed by atoms with Crippen molar-refractivity contribution in [2.45, 2.75) is 118 Å². The van der Waals surface area contributed by atoms with Crippen LogP contribution in [0.2, 0.25) is 0 Å². The van der Waals surface area contributed by atoms with Gasteiger partial charge in [-0.1, -0.05) is 63.3 Å². The van der Waals surface area contributed by atoms with Crippen molar-refractivity contribution < 1.29 is 58.2 Å². The lowest BCUT2D eigenvalue weighted by Gasteiger charge is -2.44. The second kappa shape index (κ2) is 23.7. The summed E-state index contributed by atoms with van der Waals surface area (Å²) < 4.78 is 28.3. The maximum atomic E-state index is 13.1. The highest BCUT2D eigenvalue weighted by molar-refractivity contribution is 5.87. The zero-order chi connectivity index (χ0) is 44.5. The van der Waals surface area contributed by atoms with Crippen molar-refractivity contribution in [1.29, 1.82) is 0 Å². The van der Waals surface area contributed by atoms with Crippen molar-refractivity contribution >= 4 is 24.0 Å². The summed E-state index contributed by atoms with van der Waals surface area (Å²) in [7, 11) is 1.50. The average molecular weight is 850 g/mol. The highest BCUT2D eigenvalue weighted by Gasteiger charge is 2.43. The maximum absolute atomic E-state index is 13.1. The molecular formula is C47H63NO13. The molecule has 0 unspecified atom stereocenters. The molecule has 0 bridgehead atoms. The van der Waals surface area contributed by atoms with Crippen LogP contribution < -0.4 is 9.47 Å². The van der Waals surface area contributed by atoms with Gasteiger partial charge >= 0.3 is 17.9 Å². The van der Waals surface area contributed by atoms with Crippen LogP contribution in [0.25, 0.3) is 6.08 Å². The number of nitrogens with zero attached hydrogens (tertiary/aromatic N) is 1. The third-order valence-corrected chi connectivity index (χ3v) is 11.4. The molecule has 14 nitrogen and oxygen atoms in total. The summed E-state index contributed by atoms with van der Waals surface area (Å²) >= 11 is 0. The molecule has 0 radical (unpaired) electrons. The Hall–Kier alpha value is -5.21. The van der Waals surface area contributed by atoms with Gasteiger partial charge in [0.2, 0.25) is 0 Å². The number of carbonyl (C=O) groups excluding carboxylic acids is 3. The summed E-state index contributed by atoms with van der Waals surface area (Å²) in [6.07, 6.45) is 10.5. The molecule has 14 heteroatoms. The number of aliphatic hydroxyl groups is 2. The quantitative estimate of drug-likeness (QED) is 0.0259. The standard InChI is InChI=1S/C47H63NO13/c1-7-47(4,5)46(53)61-42-24-31(2)23-36-16-13-32(3)39(45(36)42)18-17-37(49)27-38(50)28-44(52)59-30-35-12-10-11-34(25-35)29-58-40-19-14-33(26-41(40)56-6)15-20-43(51)57-21-8-9-22-60-48(54)55/h10-16,19-20,23,25-26,31-32,37-39,42,45,49-50H,7-9,17-18,21-22,24,27-30H2,1-6H3/b20-15+/t31-,32-,37+,38+,39-,42-,45-/m0/s1. The number of ether oxygens (including phenoxy) is 5. The first-order valence-corrected chi connectivity index (χ1v) is 21.2. The van der Waals surface area contributed by atoms with Gasteiger partial charge in [0.15, 0.2) is 11.5 Å². The predicted molar refractivity (Wildman–Crippen MR) is 227 cm³/mol. The van der Waals surface area contributed by atoms with Crippen LogP contribution in [-0.4, -0.2) is 71.8 Å². The van der Waals surface area contributed by atoms with Gasteiger partial charge in [-0.25, -0.2) is 4.79 Å². The lowest BCUT2D eigenvalue weighted by molar-refractivity contribution is -0.757. The van der Waals surface area contributed by atoms with E-state index in [0.29, 0.717) is 49.2 Å². The first-order chi connectivity index (χ1) is 29.1. The van der Waals surface area contributed by atoms with E-state index in [4.69, 9.17) is 23.7 Å². The molecule has 2 aromatic rings. The van der Waals surface area contributed by atoms with Crippen molar-refractivity contribution in [1.82, 2.24) is 0 Å². The number of allylic oxidation sites excluding steroid dienone is 3. The maximum Gasteiger partial charge on any atom is 0.330 e. The number of unbranched alkanes of at least 4 members (excludes halogenated alkanes) is 1. The molecule has 0 aromatic heterocycles. The molecular weight excluding hydrogens is 787 g/mol. The van der Waals surface area contributed by atoms with Gasteiger partial charge in [0.1, 0.15) is 19.3 Å². The Balaban J connectivity index is 1.20. The molecule has 2 aliphatic rings. The molecule has 4 rings (SSSR count). The third-order valence-electron chi connectivity index (χ3n) is 11.4. The SMILES string of the molecule is CCC(C)(C)C(=O)O[C@H]1C[C@@H](C)C=C2C=C[C@H](C)[C@H](CC[C@@H](O)C[C@@H](O)CC(=O)OCc3cccc(COc4ccc(/C=C/C(=O)OCCCCO[N+](=O)[O-])cc4OC)c3)[C@H]21. The van der Waals surface area contributed by atoms with Crippen LogP contribution in [0, 0.1) is 39.2 Å². The van der Waals surface area contributed by atoms with Gasteiger partial charge in [0.05, 0.1) is 44.4 Å². The van der Waals surface area contributed by atoms with Crippen molar-refractivity contribution in [3.8, 4) is 11.5 Å². The van der Waals surface area contributed by atoms with E-state index < -0.39 is 34.6 Å². The first-order valence-electron chi connectivity index (χ1n) is 21.2. The number of methoxy groups -OCH3 is 1. The molecule has 2 aliphatic carbocycles. The Morgan fingerprint density at radius 2 is 1.72 bits per heavy atom. The predicted octanol–water partition coefficient (Wildman–Crippen LogP) is 7.90. The zero-order valence-electron chi connectivity index (χ0n) is 36.3. The van der Waals surface area contributed by atoms with Crippen molar-refractivity contribution in [2.75, 3.05) is 20.3 Å². The number of esters is 3. The summed E-state index contributed by atoms with van der Waals surface area (Å²) in [5, 5.41) is 31.0. The Morgan fingerprint density at radius 1 is 0.984 bits per heavy atom. The first kappa shape index (κ1) is 48.5. The Kier molecular flexibility index (Phi) is 18.8. The monoisotopic (exact) mass is 849 g/mol. The van der Waals surface area contributed by atoms with Gasteiger partial charge in [0, 0.05) is 12.0 Å². The van der Waals surface area contributed by atoms with Gasteiger partial charge < -0.3 is 38.7 Å². The molecule has 7 atom stereocenters. The molecule has 0 heterocycles. The van der Waals surface area contributed by atoms with Gasteiger partial charge in [-0.15, -0.1) is 10.1 Å². The van der Waals surface area contributed by atoms with Crippen molar-refractivity contribution in [3.05, 3.63) is 99.1 Å². The molecule has 0 spiro atoms. The number of fused-ring (bicyclic) bond motifs is 1. The summed E-state index contributed by atoms with van der Waals surface area (Å²) in [5.74, 6) is 0.288. The van der Waals surface area contributed by atoms with Crippen LogP contribution in [0.15, 0.2) is 72.3 Å². The van der Waals surface area contributed by atoms with Crippen LogP contribution in [0.5, 0.6) is 11.5 Å². The zero-order valence-corrected chi connectivity index (χ0v) is 36.3. The minimum Gasteiger partial charge on any atom is -0.493 e. The van der Waals surface area contributed by atoms with Crippen LogP contribution >= 0.6 is 0 Å². The normalized spacial score (nSPS) is 20.8. The highest BCUT2D eigenvalue weighted by atomic mass is 16.9. The summed E-state index contributed by atoms with van der Waals surface area (Å²) in [6.45, 7) is 10.3. The van der Waals surface area contributed by atoms with Gasteiger partial charge in [-0.05, 0) is 123 Å². The molecule has 0 aliphatic heterocycles. The Labute approximate surface area is 359 Å². The fraction of sp³-hybridized carbons (Fsp3) is 0.553. The smallest absolute Gasteiger partial charge is 0.330 e. The van der Waals surface area contributed by atoms with E-state index >= 15 is 0 Å². The minimum absolute atomic E-state index is 0.00509. The second-order valence-corrected chi connectivity index (χ2v) is 16.7. The van der Waals surface area contributed by atoms with Crippen LogP contribution in [0.4, 0.5) is 0 Å². The molecule has 0 saturated heterocycles. The largest absolute Gasteiger partial charge is 0.493 e. The molecule has 0 fully saturated rings. The molecule has 2 N–H and O–H groups in total. The fourth-order valence-electron chi connectivity index (χ4n) is 7.58.